The van der Waals surface area contributed by atoms with Crippen molar-refractivity contribution in [2.75, 3.05) is 25.0 Å². The summed E-state index contributed by atoms with van der Waals surface area (Å²) >= 11 is 0. The van der Waals surface area contributed by atoms with Gasteiger partial charge in [0.15, 0.2) is 5.82 Å². The largest absolute Gasteiger partial charge is 0.465 e. The first-order valence-corrected chi connectivity index (χ1v) is 20.1. The Bertz CT molecular complexity index is 2100. The Hall–Kier alpha value is -6.32. The molecule has 2 heterocycles. The molecule has 2 aliphatic rings. The number of aryl methyl sites for hydroxylation is 1. The van der Waals surface area contributed by atoms with Gasteiger partial charge in [-0.3, -0.25) is 14.4 Å². The summed E-state index contributed by atoms with van der Waals surface area (Å²) in [5.74, 6) is -0.384. The number of piperidine rings is 1. The molecule has 0 spiro atoms. The van der Waals surface area contributed by atoms with E-state index in [0.717, 1.165) is 40.7 Å². The van der Waals surface area contributed by atoms with E-state index in [9.17, 15) is 29.1 Å². The number of tetrazole rings is 1. The highest BCUT2D eigenvalue weighted by molar-refractivity contribution is 5.98. The second kappa shape index (κ2) is 19.0. The first-order valence-electron chi connectivity index (χ1n) is 20.1. The average molecular weight is 808 g/mol. The number of amides is 5. The summed E-state index contributed by atoms with van der Waals surface area (Å²) in [6, 6.07) is 19.3. The van der Waals surface area contributed by atoms with E-state index in [0.29, 0.717) is 62.4 Å². The van der Waals surface area contributed by atoms with Gasteiger partial charge in [0.2, 0.25) is 11.8 Å². The van der Waals surface area contributed by atoms with Gasteiger partial charge in [0.1, 0.15) is 11.6 Å². The average Bonchev–Trinajstić information content (AvgIpc) is 3.75. The van der Waals surface area contributed by atoms with Crippen LogP contribution in [0.2, 0.25) is 0 Å². The molecule has 1 aliphatic heterocycles. The molecule has 4 aromatic rings. The van der Waals surface area contributed by atoms with Crippen LogP contribution in [0.25, 0.3) is 22.5 Å². The van der Waals surface area contributed by atoms with E-state index in [1.807, 2.05) is 64.1 Å². The topological polar surface area (TPSA) is 221 Å². The molecule has 1 aliphatic carbocycles. The molecule has 0 bridgehead atoms. The summed E-state index contributed by atoms with van der Waals surface area (Å²) < 4.78 is 5.36. The molecule has 312 valence electrons. The number of carboxylic acid groups (broad SMARTS) is 1. The first-order chi connectivity index (χ1) is 28.2. The highest BCUT2D eigenvalue weighted by Gasteiger charge is 2.31. The molecule has 1 atom stereocenters. The fourth-order valence-electron chi connectivity index (χ4n) is 7.55. The van der Waals surface area contributed by atoms with Crippen molar-refractivity contribution in [3.63, 3.8) is 0 Å². The minimum Gasteiger partial charge on any atom is -0.465 e. The maximum atomic E-state index is 14.0. The molecule has 5 amide bonds. The van der Waals surface area contributed by atoms with Gasteiger partial charge in [0.05, 0.1) is 0 Å². The van der Waals surface area contributed by atoms with E-state index in [4.69, 9.17) is 4.74 Å². The van der Waals surface area contributed by atoms with Crippen molar-refractivity contribution in [1.82, 2.24) is 41.5 Å². The van der Waals surface area contributed by atoms with Crippen LogP contribution in [-0.4, -0.2) is 97.9 Å². The lowest BCUT2D eigenvalue weighted by atomic mass is 9.81. The lowest BCUT2D eigenvalue weighted by molar-refractivity contribution is -0.130. The van der Waals surface area contributed by atoms with Crippen molar-refractivity contribution in [3.05, 3.63) is 83.4 Å². The van der Waals surface area contributed by atoms with Crippen LogP contribution in [0.5, 0.6) is 0 Å². The molecule has 6 N–H and O–H groups in total. The predicted octanol–water partition coefficient (Wildman–Crippen LogP) is 5.71. The monoisotopic (exact) mass is 807 g/mol. The second-order valence-corrected chi connectivity index (χ2v) is 16.4. The van der Waals surface area contributed by atoms with Crippen LogP contribution < -0.4 is 21.3 Å². The SMILES string of the molecule is Cc1ccc(C(=O)NC2CCN(C(=O)O)CC2)cc1-c1cccc(C[C@H](NC(=O)[C@H]2CC[C@H](CNC(=O)OC(C)(C)C)CC2)C(=O)Nc2ccc(-c3nnn[nH]3)cc2)c1. The fraction of sp³-hybridized carbons (Fsp3) is 0.442. The Balaban J connectivity index is 1.14. The second-order valence-electron chi connectivity index (χ2n) is 16.4. The number of carbonyl (C=O) groups excluding carboxylic acids is 4. The first kappa shape index (κ1) is 42.3. The zero-order chi connectivity index (χ0) is 42.1. The van der Waals surface area contributed by atoms with Gasteiger partial charge in [-0.25, -0.2) is 14.7 Å². The molecule has 2 fully saturated rings. The quantitative estimate of drug-likeness (QED) is 0.102. The van der Waals surface area contributed by atoms with Crippen molar-refractivity contribution >= 4 is 35.6 Å². The molecular weight excluding hydrogens is 755 g/mol. The van der Waals surface area contributed by atoms with Crippen molar-refractivity contribution < 1.29 is 33.8 Å². The maximum Gasteiger partial charge on any atom is 0.407 e. The summed E-state index contributed by atoms with van der Waals surface area (Å²) in [7, 11) is 0. The number of benzene rings is 3. The van der Waals surface area contributed by atoms with Crippen LogP contribution >= 0.6 is 0 Å². The molecule has 3 aromatic carbocycles. The minimum absolute atomic E-state index is 0.121. The zero-order valence-corrected chi connectivity index (χ0v) is 33.9. The summed E-state index contributed by atoms with van der Waals surface area (Å²) in [5, 5.41) is 35.1. The summed E-state index contributed by atoms with van der Waals surface area (Å²) in [6.07, 6.45) is 2.64. The van der Waals surface area contributed by atoms with Crippen molar-refractivity contribution in [2.24, 2.45) is 11.8 Å². The van der Waals surface area contributed by atoms with Gasteiger partial charge in [0.25, 0.3) is 5.91 Å². The van der Waals surface area contributed by atoms with Gasteiger partial charge in [-0.15, -0.1) is 5.10 Å². The van der Waals surface area contributed by atoms with E-state index in [1.54, 1.807) is 30.3 Å². The van der Waals surface area contributed by atoms with Gasteiger partial charge >= 0.3 is 12.2 Å². The summed E-state index contributed by atoms with van der Waals surface area (Å²) in [4.78, 5) is 66.0. The molecule has 16 nitrogen and oxygen atoms in total. The van der Waals surface area contributed by atoms with Crippen LogP contribution in [0.4, 0.5) is 15.3 Å². The van der Waals surface area contributed by atoms with Crippen LogP contribution in [0.15, 0.2) is 66.7 Å². The molecule has 0 radical (unpaired) electrons. The van der Waals surface area contributed by atoms with Crippen molar-refractivity contribution in [3.8, 4) is 22.5 Å². The van der Waals surface area contributed by atoms with Crippen LogP contribution in [0, 0.1) is 18.8 Å². The zero-order valence-electron chi connectivity index (χ0n) is 33.9. The van der Waals surface area contributed by atoms with Crippen molar-refractivity contribution in [1.29, 1.82) is 0 Å². The Kier molecular flexibility index (Phi) is 13.6. The normalized spacial score (nSPS) is 17.7. The fourth-order valence-corrected chi connectivity index (χ4v) is 7.55. The molecular formula is C43H53N9O7. The molecule has 1 aromatic heterocycles. The van der Waals surface area contributed by atoms with E-state index >= 15 is 0 Å². The molecule has 0 unspecified atom stereocenters. The summed E-state index contributed by atoms with van der Waals surface area (Å²) in [5.41, 5.74) is 4.65. The third-order valence-corrected chi connectivity index (χ3v) is 10.8. The number of rotatable bonds is 12. The number of alkyl carbamates (subject to hydrolysis) is 1. The van der Waals surface area contributed by atoms with Crippen LogP contribution in [0.3, 0.4) is 0 Å². The third kappa shape index (κ3) is 11.9. The minimum atomic E-state index is -0.952. The van der Waals surface area contributed by atoms with Gasteiger partial charge in [0, 0.05) is 54.8 Å². The number of hydrogen-bond acceptors (Lipinski definition) is 9. The standard InChI is InChI=1S/C43H53N9O7/c1-26-8-11-32(39(54)45-34-18-20-52(21-19-34)42(57)58)24-35(26)31-7-5-6-28(22-31)23-36(40(55)46-33-16-14-29(15-17-33)37-48-50-51-49-37)47-38(53)30-12-9-27(10-13-30)25-44-41(56)59-43(2,3)4/h5-8,11,14-17,22,24,27,30,34,36H,9-10,12-13,18-21,23,25H2,1-4H3,(H,44,56)(H,45,54)(H,46,55)(H,47,53)(H,57,58)(H,48,49,50,51)/t27-,30-,36-/m0/s1. The van der Waals surface area contributed by atoms with Gasteiger partial charge < -0.3 is 36.0 Å². The molecule has 1 saturated carbocycles. The number of nitrogens with zero attached hydrogens (tertiary/aromatic N) is 4. The Morgan fingerprint density at radius 2 is 1.64 bits per heavy atom. The number of aromatic amines is 1. The van der Waals surface area contributed by atoms with E-state index < -0.39 is 23.8 Å². The van der Waals surface area contributed by atoms with E-state index in [1.165, 1.54) is 4.90 Å². The Morgan fingerprint density at radius 1 is 0.915 bits per heavy atom. The lowest BCUT2D eigenvalue weighted by Crippen LogP contribution is -2.48. The number of carbonyl (C=O) groups is 5. The lowest BCUT2D eigenvalue weighted by Gasteiger charge is -2.30. The van der Waals surface area contributed by atoms with Gasteiger partial charge in [-0.05, 0) is 141 Å². The molecule has 59 heavy (non-hydrogen) atoms. The van der Waals surface area contributed by atoms with E-state index in [-0.39, 0.29) is 42.0 Å². The number of ether oxygens (including phenoxy) is 1. The number of anilines is 1. The molecule has 16 heteroatoms. The third-order valence-electron chi connectivity index (χ3n) is 10.8. The predicted molar refractivity (Wildman–Crippen MR) is 220 cm³/mol. The van der Waals surface area contributed by atoms with Crippen LogP contribution in [-0.2, 0) is 20.7 Å². The number of nitrogens with one attached hydrogen (secondary N) is 5. The smallest absolute Gasteiger partial charge is 0.407 e. The van der Waals surface area contributed by atoms with Gasteiger partial charge in [-0.1, -0.05) is 30.3 Å². The molecule has 1 saturated heterocycles. The number of likely N-dealkylation sites (tertiary alicyclic amines) is 1. The maximum absolute atomic E-state index is 14.0. The van der Waals surface area contributed by atoms with Crippen molar-refractivity contribution in [2.45, 2.75) is 90.3 Å². The highest BCUT2D eigenvalue weighted by Crippen LogP contribution is 2.30. The molecule has 6 rings (SSSR count). The van der Waals surface area contributed by atoms with Gasteiger partial charge in [-0.2, -0.15) is 0 Å². The Labute approximate surface area is 343 Å². The Morgan fingerprint density at radius 3 is 2.31 bits per heavy atom. The van der Waals surface area contributed by atoms with Crippen LogP contribution in [0.1, 0.15) is 80.8 Å². The summed E-state index contributed by atoms with van der Waals surface area (Å²) in [6.45, 7) is 8.63. The highest BCUT2D eigenvalue weighted by atomic mass is 16.6. The van der Waals surface area contributed by atoms with E-state index in [2.05, 4.69) is 41.9 Å². The number of H-pyrrole nitrogens is 1. The number of hydrogen-bond donors (Lipinski definition) is 6. The number of aromatic nitrogens is 4.